The Hall–Kier alpha value is -3.53. The number of hydrogen-bond donors (Lipinski definition) is 3. The van der Waals surface area contributed by atoms with Gasteiger partial charge in [0.05, 0.1) is 6.54 Å². The van der Waals surface area contributed by atoms with E-state index in [-0.39, 0.29) is 29.9 Å². The molecule has 10 heteroatoms. The van der Waals surface area contributed by atoms with Crippen LogP contribution >= 0.6 is 0 Å². The lowest BCUT2D eigenvalue weighted by atomic mass is 10.1. The molecule has 0 aliphatic carbocycles. The third kappa shape index (κ3) is 6.62. The summed E-state index contributed by atoms with van der Waals surface area (Å²) in [5, 5.41) is 16.4. The van der Waals surface area contributed by atoms with Crippen molar-refractivity contribution in [2.75, 3.05) is 19.6 Å². The maximum Gasteiger partial charge on any atom is 0.278 e. The summed E-state index contributed by atoms with van der Waals surface area (Å²) in [7, 11) is 0. The summed E-state index contributed by atoms with van der Waals surface area (Å²) in [5.74, 6) is -2.91. The van der Waals surface area contributed by atoms with Gasteiger partial charge in [-0.25, -0.2) is 8.78 Å². The zero-order valence-corrected chi connectivity index (χ0v) is 21.6. The van der Waals surface area contributed by atoms with E-state index >= 15 is 0 Å². The molecule has 200 valence electrons. The Bertz CT molecular complexity index is 1260. The fourth-order valence-electron chi connectivity index (χ4n) is 4.18. The minimum absolute atomic E-state index is 0.0349. The maximum atomic E-state index is 13.9. The number of nitrogens with one attached hydrogen (secondary N) is 2. The van der Waals surface area contributed by atoms with Crippen molar-refractivity contribution >= 4 is 11.8 Å². The van der Waals surface area contributed by atoms with Crippen LogP contribution in [0, 0.1) is 23.5 Å². The molecule has 1 aromatic heterocycles. The number of aromatic hydroxyl groups is 1. The Kier molecular flexibility index (Phi) is 9.20. The summed E-state index contributed by atoms with van der Waals surface area (Å²) < 4.78 is 28.4. The molecule has 0 fully saturated rings. The maximum absolute atomic E-state index is 13.9. The Balaban J connectivity index is 1.77. The van der Waals surface area contributed by atoms with Gasteiger partial charge in [-0.05, 0) is 44.3 Å². The predicted molar refractivity (Wildman–Crippen MR) is 136 cm³/mol. The Morgan fingerprint density at radius 3 is 2.57 bits per heavy atom. The molecule has 2 aromatic rings. The molecule has 3 rings (SSSR count). The number of carbonyl (C=O) groups is 2. The molecule has 1 aliphatic heterocycles. The molecule has 0 saturated carbocycles. The van der Waals surface area contributed by atoms with Crippen LogP contribution in [0.2, 0.25) is 0 Å². The predicted octanol–water partition coefficient (Wildman–Crippen LogP) is 3.39. The largest absolute Gasteiger partial charge is 0.503 e. The van der Waals surface area contributed by atoms with Gasteiger partial charge in [-0.3, -0.25) is 14.4 Å². The number of aromatic nitrogens is 1. The van der Waals surface area contributed by atoms with Crippen LogP contribution in [0.5, 0.6) is 5.75 Å². The van der Waals surface area contributed by atoms with Crippen LogP contribution in [-0.4, -0.2) is 46.0 Å². The van der Waals surface area contributed by atoms with Gasteiger partial charge in [0, 0.05) is 36.6 Å². The normalized spacial score (nSPS) is 15.3. The van der Waals surface area contributed by atoms with E-state index in [1.165, 1.54) is 16.8 Å². The Labute approximate surface area is 215 Å². The van der Waals surface area contributed by atoms with Crippen LogP contribution in [0.1, 0.15) is 60.5 Å². The minimum atomic E-state index is -0.994. The molecule has 0 unspecified atom stereocenters. The number of rotatable bonds is 10. The molecule has 2 heterocycles. The second kappa shape index (κ2) is 12.1. The van der Waals surface area contributed by atoms with E-state index in [0.29, 0.717) is 30.1 Å². The minimum Gasteiger partial charge on any atom is -0.503 e. The monoisotopic (exact) mass is 516 g/mol. The summed E-state index contributed by atoms with van der Waals surface area (Å²) >= 11 is 0. The first-order valence-corrected chi connectivity index (χ1v) is 12.4. The second-order valence-corrected chi connectivity index (χ2v) is 9.80. The lowest BCUT2D eigenvalue weighted by Crippen LogP contribution is -2.42. The van der Waals surface area contributed by atoms with E-state index in [1.54, 1.807) is 17.9 Å². The van der Waals surface area contributed by atoms with Crippen molar-refractivity contribution in [1.29, 1.82) is 0 Å². The number of benzene rings is 1. The molecule has 3 N–H and O–H groups in total. The summed E-state index contributed by atoms with van der Waals surface area (Å²) in [6, 6.07) is 2.94. The molecular weight excluding hydrogens is 482 g/mol. The van der Waals surface area contributed by atoms with Crippen molar-refractivity contribution in [3.8, 4) is 5.75 Å². The summed E-state index contributed by atoms with van der Waals surface area (Å²) in [6.45, 7) is 10.2. The number of allylic oxidation sites excluding steroid dienone is 2. The standard InChI is InChI=1S/C27H34F2N4O4/c1-5-20-14-32-15-21(26(36)31-13-18-6-7-19(28)10-22(18)29)24(34)25(35)23(32)27(37)33(20)9-8-17(4)12-30-11-16(2)3/h5-7,10,15-17,30,35H,8-9,11-14H2,1-4H3,(H,31,36)/b20-5+/t17-/m1/s1. The van der Waals surface area contributed by atoms with E-state index in [4.69, 9.17) is 0 Å². The molecule has 8 nitrogen and oxygen atoms in total. The fourth-order valence-corrected chi connectivity index (χ4v) is 4.18. The van der Waals surface area contributed by atoms with Gasteiger partial charge in [0.1, 0.15) is 17.2 Å². The molecule has 0 spiro atoms. The van der Waals surface area contributed by atoms with Crippen LogP contribution in [0.15, 0.2) is 41.0 Å². The number of nitrogens with zero attached hydrogens (tertiary/aromatic N) is 2. The van der Waals surface area contributed by atoms with Crippen LogP contribution in [0.25, 0.3) is 0 Å². The first kappa shape index (κ1) is 28.0. The van der Waals surface area contributed by atoms with Crippen molar-refractivity contribution in [2.24, 2.45) is 11.8 Å². The van der Waals surface area contributed by atoms with Gasteiger partial charge >= 0.3 is 0 Å². The first-order chi connectivity index (χ1) is 17.5. The number of fused-ring (bicyclic) bond motifs is 1. The van der Waals surface area contributed by atoms with Crippen molar-refractivity contribution in [3.63, 3.8) is 0 Å². The lowest BCUT2D eigenvalue weighted by Gasteiger charge is -2.33. The van der Waals surface area contributed by atoms with Gasteiger partial charge < -0.3 is 25.2 Å². The summed E-state index contributed by atoms with van der Waals surface area (Å²) in [5.41, 5.74) is -0.838. The molecule has 0 bridgehead atoms. The van der Waals surface area contributed by atoms with Crippen molar-refractivity contribution < 1.29 is 23.5 Å². The number of halogens is 2. The van der Waals surface area contributed by atoms with Gasteiger partial charge in [0.15, 0.2) is 11.4 Å². The fraction of sp³-hybridized carbons (Fsp3) is 0.444. The number of amides is 2. The zero-order valence-electron chi connectivity index (χ0n) is 21.6. The van der Waals surface area contributed by atoms with Gasteiger partial charge in [-0.1, -0.05) is 32.9 Å². The van der Waals surface area contributed by atoms with Crippen LogP contribution in [0.4, 0.5) is 8.78 Å². The second-order valence-electron chi connectivity index (χ2n) is 9.80. The lowest BCUT2D eigenvalue weighted by molar-refractivity contribution is 0.0749. The molecule has 2 amide bonds. The number of carbonyl (C=O) groups excluding carboxylic acids is 2. The van der Waals surface area contributed by atoms with Crippen LogP contribution in [0.3, 0.4) is 0 Å². The smallest absolute Gasteiger partial charge is 0.278 e. The van der Waals surface area contributed by atoms with E-state index in [2.05, 4.69) is 31.4 Å². The highest BCUT2D eigenvalue weighted by atomic mass is 19.1. The molecular formula is C27H34F2N4O4. The molecule has 1 aliphatic rings. The molecule has 1 aromatic carbocycles. The SMILES string of the molecule is C/C=C1\Cn2cc(C(=O)NCc3ccc(F)cc3F)c(=O)c(O)c2C(=O)N1CC[C@@H](C)CNCC(C)C. The first-order valence-electron chi connectivity index (χ1n) is 12.4. The summed E-state index contributed by atoms with van der Waals surface area (Å²) in [6.07, 6.45) is 3.74. The molecule has 0 saturated heterocycles. The topological polar surface area (TPSA) is 104 Å². The molecule has 1 atom stereocenters. The van der Waals surface area contributed by atoms with E-state index in [0.717, 1.165) is 25.6 Å². The number of pyridine rings is 1. The van der Waals surface area contributed by atoms with Crippen LogP contribution < -0.4 is 16.1 Å². The van der Waals surface area contributed by atoms with Crippen LogP contribution in [-0.2, 0) is 13.1 Å². The third-order valence-electron chi connectivity index (χ3n) is 6.31. The van der Waals surface area contributed by atoms with Gasteiger partial charge in [-0.2, -0.15) is 0 Å². The Morgan fingerprint density at radius 1 is 1.19 bits per heavy atom. The van der Waals surface area contributed by atoms with E-state index in [1.807, 2.05) is 0 Å². The van der Waals surface area contributed by atoms with Crippen molar-refractivity contribution in [1.82, 2.24) is 20.1 Å². The van der Waals surface area contributed by atoms with Gasteiger partial charge in [-0.15, -0.1) is 0 Å². The van der Waals surface area contributed by atoms with Gasteiger partial charge in [0.2, 0.25) is 5.43 Å². The van der Waals surface area contributed by atoms with Crippen molar-refractivity contribution in [2.45, 2.75) is 47.2 Å². The third-order valence-corrected chi connectivity index (χ3v) is 6.31. The average Bonchev–Trinajstić information content (AvgIpc) is 2.84. The number of hydrogen-bond acceptors (Lipinski definition) is 5. The average molecular weight is 517 g/mol. The highest BCUT2D eigenvalue weighted by Crippen LogP contribution is 2.26. The van der Waals surface area contributed by atoms with Gasteiger partial charge in [0.25, 0.3) is 11.8 Å². The highest BCUT2D eigenvalue weighted by molar-refractivity contribution is 5.99. The van der Waals surface area contributed by atoms with Crippen molar-refractivity contribution in [3.05, 3.63) is 74.8 Å². The molecule has 0 radical (unpaired) electrons. The zero-order chi connectivity index (χ0) is 27.3. The highest BCUT2D eigenvalue weighted by Gasteiger charge is 2.33. The van der Waals surface area contributed by atoms with E-state index in [9.17, 15) is 28.3 Å². The quantitative estimate of drug-likeness (QED) is 0.449. The van der Waals surface area contributed by atoms with E-state index < -0.39 is 34.6 Å². The summed E-state index contributed by atoms with van der Waals surface area (Å²) in [4.78, 5) is 40.4. The molecule has 37 heavy (non-hydrogen) atoms. The Morgan fingerprint density at radius 2 is 1.92 bits per heavy atom.